The van der Waals surface area contributed by atoms with Crippen LogP contribution in [0.3, 0.4) is 0 Å². The molecule has 0 fully saturated rings. The van der Waals surface area contributed by atoms with E-state index in [1.807, 2.05) is 18.2 Å². The van der Waals surface area contributed by atoms with E-state index < -0.39 is 0 Å². The van der Waals surface area contributed by atoms with Crippen LogP contribution in [-0.2, 0) is 17.2 Å². The van der Waals surface area contributed by atoms with E-state index in [0.717, 1.165) is 10.9 Å². The van der Waals surface area contributed by atoms with Gasteiger partial charge < -0.3 is 4.74 Å². The number of methoxy groups -OCH3 is 1. The minimum atomic E-state index is 0.310. The summed E-state index contributed by atoms with van der Waals surface area (Å²) in [6, 6.07) is 10.2. The average Bonchev–Trinajstić information content (AvgIpc) is 2.66. The molecule has 96 valence electrons. The monoisotopic (exact) mass is 302 g/mol. The van der Waals surface area contributed by atoms with Gasteiger partial charge in [0.15, 0.2) is 15.5 Å². The summed E-state index contributed by atoms with van der Waals surface area (Å²) in [5.41, 5.74) is 1.22. The Balaban J connectivity index is 2.11. The molecule has 6 heteroatoms. The molecule has 0 aliphatic heterocycles. The summed E-state index contributed by atoms with van der Waals surface area (Å²) in [6.45, 7) is 0.343. The lowest BCUT2D eigenvalue weighted by atomic mass is 10.2. The van der Waals surface area contributed by atoms with Crippen LogP contribution in [0.1, 0.15) is 5.56 Å². The maximum atomic E-state index is 6.05. The van der Waals surface area contributed by atoms with Gasteiger partial charge in [0, 0.05) is 12.9 Å². The number of halogens is 2. The van der Waals surface area contributed by atoms with Crippen molar-refractivity contribution in [2.75, 3.05) is 7.11 Å². The predicted molar refractivity (Wildman–Crippen MR) is 75.3 cm³/mol. The Labute approximate surface area is 120 Å². The van der Waals surface area contributed by atoms with Crippen molar-refractivity contribution in [1.82, 2.24) is 9.55 Å². The molecule has 0 spiro atoms. The first kappa shape index (κ1) is 13.7. The van der Waals surface area contributed by atoms with E-state index in [4.69, 9.17) is 27.9 Å². The molecule has 2 aromatic rings. The highest BCUT2D eigenvalue weighted by atomic mass is 35.5. The molecule has 0 aliphatic rings. The van der Waals surface area contributed by atoms with Gasteiger partial charge in [0.2, 0.25) is 0 Å². The van der Waals surface area contributed by atoms with Crippen LogP contribution in [0.25, 0.3) is 0 Å². The zero-order valence-corrected chi connectivity index (χ0v) is 12.1. The largest absolute Gasteiger partial charge is 0.364 e. The van der Waals surface area contributed by atoms with Gasteiger partial charge in [-0.3, -0.25) is 4.57 Å². The molecule has 0 saturated carbocycles. The normalized spacial score (nSPS) is 10.8. The minimum Gasteiger partial charge on any atom is -0.364 e. The Bertz CT molecular complexity index is 516. The smallest absolute Gasteiger partial charge is 0.172 e. The standard InChI is InChI=1S/C12H12Cl2N2OS/c1-17-8-16-11(14)10(13)15-12(16)18-7-9-5-3-2-4-6-9/h2-6H,7-8H2,1H3. The van der Waals surface area contributed by atoms with Crippen LogP contribution in [0.5, 0.6) is 0 Å². The summed E-state index contributed by atoms with van der Waals surface area (Å²) < 4.78 is 6.83. The van der Waals surface area contributed by atoms with E-state index >= 15 is 0 Å². The van der Waals surface area contributed by atoms with Crippen molar-refractivity contribution in [2.45, 2.75) is 17.6 Å². The van der Waals surface area contributed by atoms with Crippen molar-refractivity contribution in [3.63, 3.8) is 0 Å². The zero-order chi connectivity index (χ0) is 13.0. The molecule has 0 radical (unpaired) electrons. The van der Waals surface area contributed by atoms with Crippen LogP contribution >= 0.6 is 35.0 Å². The molecule has 3 nitrogen and oxygen atoms in total. The van der Waals surface area contributed by atoms with Crippen molar-refractivity contribution < 1.29 is 4.74 Å². The number of hydrogen-bond acceptors (Lipinski definition) is 3. The van der Waals surface area contributed by atoms with Crippen LogP contribution in [0.15, 0.2) is 35.5 Å². The van der Waals surface area contributed by atoms with E-state index in [1.54, 1.807) is 23.4 Å². The molecule has 18 heavy (non-hydrogen) atoms. The van der Waals surface area contributed by atoms with Gasteiger partial charge >= 0.3 is 0 Å². The molecular formula is C12H12Cl2N2OS. The Morgan fingerprint density at radius 3 is 2.67 bits per heavy atom. The van der Waals surface area contributed by atoms with Crippen molar-refractivity contribution in [2.24, 2.45) is 0 Å². The predicted octanol–water partition coefficient (Wildman–Crippen LogP) is 4.09. The SMILES string of the molecule is COCn1c(SCc2ccccc2)nc(Cl)c1Cl. The third kappa shape index (κ3) is 3.20. The first-order valence-electron chi connectivity index (χ1n) is 5.29. The fourth-order valence-corrected chi connectivity index (χ4v) is 2.86. The molecule has 0 bridgehead atoms. The van der Waals surface area contributed by atoms with E-state index in [1.165, 1.54) is 5.56 Å². The average molecular weight is 303 g/mol. The minimum absolute atomic E-state index is 0.310. The maximum absolute atomic E-state index is 6.05. The summed E-state index contributed by atoms with van der Waals surface area (Å²) in [6.07, 6.45) is 0. The Kier molecular flexibility index (Phi) is 4.95. The van der Waals surface area contributed by atoms with Crippen molar-refractivity contribution in [3.05, 3.63) is 46.2 Å². The van der Waals surface area contributed by atoms with Gasteiger partial charge in [-0.2, -0.15) is 0 Å². The lowest BCUT2D eigenvalue weighted by Gasteiger charge is -2.06. The number of benzene rings is 1. The lowest BCUT2D eigenvalue weighted by molar-refractivity contribution is 0.124. The number of imidazole rings is 1. The third-order valence-electron chi connectivity index (χ3n) is 2.30. The molecule has 1 heterocycles. The Morgan fingerprint density at radius 1 is 1.28 bits per heavy atom. The number of thioether (sulfide) groups is 1. The Hall–Kier alpha value is -0.680. The molecule has 0 amide bonds. The van der Waals surface area contributed by atoms with E-state index in [-0.39, 0.29) is 0 Å². The first-order valence-corrected chi connectivity index (χ1v) is 7.03. The van der Waals surface area contributed by atoms with Crippen LogP contribution in [-0.4, -0.2) is 16.7 Å². The van der Waals surface area contributed by atoms with Gasteiger partial charge in [0.25, 0.3) is 0 Å². The van der Waals surface area contributed by atoms with Crippen molar-refractivity contribution >= 4 is 35.0 Å². The van der Waals surface area contributed by atoms with Gasteiger partial charge in [-0.15, -0.1) is 0 Å². The summed E-state index contributed by atoms with van der Waals surface area (Å²) in [7, 11) is 1.61. The van der Waals surface area contributed by atoms with Gasteiger partial charge in [-0.05, 0) is 5.56 Å². The van der Waals surface area contributed by atoms with Crippen molar-refractivity contribution in [1.29, 1.82) is 0 Å². The van der Waals surface area contributed by atoms with Gasteiger partial charge in [0.1, 0.15) is 6.73 Å². The molecule has 0 N–H and O–H groups in total. The van der Waals surface area contributed by atoms with Gasteiger partial charge in [-0.1, -0.05) is 65.3 Å². The van der Waals surface area contributed by atoms with E-state index in [2.05, 4.69) is 17.1 Å². The van der Waals surface area contributed by atoms with Gasteiger partial charge in [0.05, 0.1) is 0 Å². The molecule has 0 atom stereocenters. The Morgan fingerprint density at radius 2 is 2.00 bits per heavy atom. The van der Waals surface area contributed by atoms with Crippen LogP contribution in [0.4, 0.5) is 0 Å². The number of nitrogens with zero attached hydrogens (tertiary/aromatic N) is 2. The highest BCUT2D eigenvalue weighted by molar-refractivity contribution is 7.98. The summed E-state index contributed by atoms with van der Waals surface area (Å²) in [5.74, 6) is 0.814. The van der Waals surface area contributed by atoms with Crippen molar-refractivity contribution in [3.8, 4) is 0 Å². The lowest BCUT2D eigenvalue weighted by Crippen LogP contribution is -2.01. The third-order valence-corrected chi connectivity index (χ3v) is 4.09. The molecule has 0 saturated heterocycles. The fourth-order valence-electron chi connectivity index (χ4n) is 1.46. The van der Waals surface area contributed by atoms with Crippen LogP contribution in [0.2, 0.25) is 10.3 Å². The number of ether oxygens (including phenoxy) is 1. The number of rotatable bonds is 5. The van der Waals surface area contributed by atoms with Gasteiger partial charge in [-0.25, -0.2) is 4.98 Å². The number of aromatic nitrogens is 2. The zero-order valence-electron chi connectivity index (χ0n) is 9.77. The van der Waals surface area contributed by atoms with Crippen LogP contribution < -0.4 is 0 Å². The number of hydrogen-bond donors (Lipinski definition) is 0. The van der Waals surface area contributed by atoms with E-state index in [9.17, 15) is 0 Å². The second kappa shape index (κ2) is 6.48. The molecule has 1 aromatic heterocycles. The summed E-state index contributed by atoms with van der Waals surface area (Å²) in [5, 5.41) is 1.48. The maximum Gasteiger partial charge on any atom is 0.172 e. The molecule has 0 aliphatic carbocycles. The topological polar surface area (TPSA) is 27.1 Å². The molecule has 1 aromatic carbocycles. The van der Waals surface area contributed by atoms with E-state index in [0.29, 0.717) is 17.0 Å². The summed E-state index contributed by atoms with van der Waals surface area (Å²) >= 11 is 13.5. The highest BCUT2D eigenvalue weighted by Gasteiger charge is 2.14. The molecular weight excluding hydrogens is 291 g/mol. The van der Waals surface area contributed by atoms with Crippen LogP contribution in [0, 0.1) is 0 Å². The second-order valence-corrected chi connectivity index (χ2v) is 5.25. The highest BCUT2D eigenvalue weighted by Crippen LogP contribution is 2.30. The quantitative estimate of drug-likeness (QED) is 0.779. The second-order valence-electron chi connectivity index (χ2n) is 3.60. The first-order chi connectivity index (χ1) is 8.72. The molecule has 0 unspecified atom stereocenters. The fraction of sp³-hybridized carbons (Fsp3) is 0.250. The summed E-state index contributed by atoms with van der Waals surface area (Å²) in [4.78, 5) is 4.22. The molecule has 2 rings (SSSR count).